The number of aryl methyl sites for hydroxylation is 1. The molecule has 1 atom stereocenters. The number of ether oxygens (including phenoxy) is 2. The highest BCUT2D eigenvalue weighted by molar-refractivity contribution is 7.86. The zero-order chi connectivity index (χ0) is 21.0. The first-order valence-electron chi connectivity index (χ1n) is 8.60. The molecule has 3 aromatic rings. The second-order valence-electron chi connectivity index (χ2n) is 5.84. The summed E-state index contributed by atoms with van der Waals surface area (Å²) in [4.78, 5) is 15.8. The summed E-state index contributed by atoms with van der Waals surface area (Å²) in [7, 11) is -0.394. The van der Waals surface area contributed by atoms with Gasteiger partial charge in [-0.1, -0.05) is 24.9 Å². The molecule has 0 radical (unpaired) electrons. The first kappa shape index (κ1) is 21.2. The van der Waals surface area contributed by atoms with Gasteiger partial charge in [0.15, 0.2) is 11.0 Å². The Labute approximate surface area is 172 Å². The van der Waals surface area contributed by atoms with Crippen LogP contribution in [0.15, 0.2) is 23.2 Å². The summed E-state index contributed by atoms with van der Waals surface area (Å²) in [5, 5.41) is 0.930. The van der Waals surface area contributed by atoms with Crippen molar-refractivity contribution in [2.24, 2.45) is 0 Å². The number of hydrogen-bond donors (Lipinski definition) is 2. The number of halogens is 3. The number of nitrogens with one attached hydrogen (secondary N) is 2. The Kier molecular flexibility index (Phi) is 6.80. The van der Waals surface area contributed by atoms with E-state index in [0.29, 0.717) is 39.6 Å². The number of aromatic nitrogens is 4. The molecule has 3 rings (SSSR count). The molecule has 0 saturated carbocycles. The third-order valence-electron chi connectivity index (χ3n) is 3.79. The van der Waals surface area contributed by atoms with Crippen LogP contribution in [0.5, 0.6) is 11.6 Å². The van der Waals surface area contributed by atoms with Gasteiger partial charge in [0.25, 0.3) is 12.3 Å². The Morgan fingerprint density at radius 2 is 2.10 bits per heavy atom. The van der Waals surface area contributed by atoms with Crippen molar-refractivity contribution >= 4 is 39.6 Å². The smallest absolute Gasteiger partial charge is 0.272 e. The fourth-order valence-corrected chi connectivity index (χ4v) is 3.65. The number of nitrogens with zero attached hydrogens (tertiary/aromatic N) is 3. The summed E-state index contributed by atoms with van der Waals surface area (Å²) in [5.41, 5.74) is 0.871. The molecule has 0 aliphatic rings. The standard InChI is InChI=1S/C17H18ClF2N5O3S/c1-3-4-10-14(28-8-13(19)20)16(27-2)24-17(22-10)25-29(26)11-7-21-15-9(11)5-6-12(18)23-15/h5-7,13H,3-4,8H2,1-2H3,(H,21,23)(H,22,24,25). The van der Waals surface area contributed by atoms with Crippen molar-refractivity contribution < 1.29 is 22.5 Å². The third-order valence-corrected chi connectivity index (χ3v) is 5.10. The Hall–Kier alpha value is -2.53. The van der Waals surface area contributed by atoms with Crippen molar-refractivity contribution in [3.63, 3.8) is 0 Å². The van der Waals surface area contributed by atoms with Crippen molar-refractivity contribution in [1.29, 1.82) is 0 Å². The van der Waals surface area contributed by atoms with Crippen molar-refractivity contribution in [3.05, 3.63) is 29.2 Å². The molecule has 0 aliphatic heterocycles. The molecule has 0 aromatic carbocycles. The van der Waals surface area contributed by atoms with Crippen LogP contribution in [-0.4, -0.2) is 44.3 Å². The molecule has 0 aliphatic carbocycles. The number of methoxy groups -OCH3 is 1. The van der Waals surface area contributed by atoms with E-state index in [2.05, 4.69) is 24.7 Å². The highest BCUT2D eigenvalue weighted by Gasteiger charge is 2.20. The van der Waals surface area contributed by atoms with Crippen LogP contribution in [0, 0.1) is 0 Å². The second-order valence-corrected chi connectivity index (χ2v) is 7.41. The zero-order valence-corrected chi connectivity index (χ0v) is 17.1. The van der Waals surface area contributed by atoms with Gasteiger partial charge >= 0.3 is 0 Å². The van der Waals surface area contributed by atoms with Crippen LogP contribution in [-0.2, 0) is 17.4 Å². The zero-order valence-electron chi connectivity index (χ0n) is 15.5. The fraction of sp³-hybridized carbons (Fsp3) is 0.353. The van der Waals surface area contributed by atoms with Crippen LogP contribution in [0.3, 0.4) is 0 Å². The first-order valence-corrected chi connectivity index (χ1v) is 10.1. The number of pyridine rings is 1. The highest BCUT2D eigenvalue weighted by atomic mass is 35.5. The molecule has 0 saturated heterocycles. The van der Waals surface area contributed by atoms with E-state index >= 15 is 0 Å². The number of H-pyrrole nitrogens is 1. The van der Waals surface area contributed by atoms with Gasteiger partial charge in [-0.15, -0.1) is 0 Å². The van der Waals surface area contributed by atoms with Crippen LogP contribution in [0.1, 0.15) is 19.0 Å². The number of rotatable bonds is 9. The minimum absolute atomic E-state index is 0.0176. The highest BCUT2D eigenvalue weighted by Crippen LogP contribution is 2.31. The van der Waals surface area contributed by atoms with Crippen molar-refractivity contribution in [2.75, 3.05) is 18.4 Å². The predicted molar refractivity (Wildman–Crippen MR) is 105 cm³/mol. The van der Waals surface area contributed by atoms with Gasteiger partial charge in [0.2, 0.25) is 11.7 Å². The lowest BCUT2D eigenvalue weighted by Gasteiger charge is -2.15. The summed E-state index contributed by atoms with van der Waals surface area (Å²) in [6.45, 7) is 1.10. The van der Waals surface area contributed by atoms with E-state index in [0.717, 1.165) is 0 Å². The maximum Gasteiger partial charge on any atom is 0.272 e. The number of fused-ring (bicyclic) bond motifs is 1. The SMILES string of the molecule is CCCc1nc(NS(=O)c2c[nH]c3nc(Cl)ccc23)nc(OC)c1OCC(F)F. The molecule has 8 nitrogen and oxygen atoms in total. The number of aromatic amines is 1. The first-order chi connectivity index (χ1) is 13.9. The van der Waals surface area contributed by atoms with Gasteiger partial charge in [0.1, 0.15) is 17.4 Å². The fourth-order valence-electron chi connectivity index (χ4n) is 2.60. The molecule has 156 valence electrons. The van der Waals surface area contributed by atoms with Crippen LogP contribution in [0.4, 0.5) is 14.7 Å². The van der Waals surface area contributed by atoms with Crippen molar-refractivity contribution in [2.45, 2.75) is 31.1 Å². The van der Waals surface area contributed by atoms with Crippen LogP contribution >= 0.6 is 11.6 Å². The van der Waals surface area contributed by atoms with E-state index in [1.807, 2.05) is 6.92 Å². The Balaban J connectivity index is 1.91. The predicted octanol–water partition coefficient (Wildman–Crippen LogP) is 3.75. The van der Waals surface area contributed by atoms with E-state index < -0.39 is 24.0 Å². The van der Waals surface area contributed by atoms with Crippen molar-refractivity contribution in [3.8, 4) is 11.6 Å². The Morgan fingerprint density at radius 3 is 2.79 bits per heavy atom. The van der Waals surface area contributed by atoms with Gasteiger partial charge in [-0.2, -0.15) is 4.98 Å². The molecular formula is C17H18ClF2N5O3S. The molecular weight excluding hydrogens is 428 g/mol. The van der Waals surface area contributed by atoms with E-state index in [9.17, 15) is 13.0 Å². The maximum absolute atomic E-state index is 12.8. The monoisotopic (exact) mass is 445 g/mol. The summed E-state index contributed by atoms with van der Waals surface area (Å²) in [6.07, 6.45) is 0.0154. The van der Waals surface area contributed by atoms with Gasteiger partial charge < -0.3 is 14.5 Å². The molecule has 29 heavy (non-hydrogen) atoms. The number of alkyl halides is 2. The topological polar surface area (TPSA) is 102 Å². The average molecular weight is 446 g/mol. The minimum atomic E-state index is -2.65. The third kappa shape index (κ3) is 4.91. The summed E-state index contributed by atoms with van der Waals surface area (Å²) in [6, 6.07) is 3.29. The average Bonchev–Trinajstić information content (AvgIpc) is 3.10. The molecule has 3 heterocycles. The molecule has 0 bridgehead atoms. The molecule has 3 aromatic heterocycles. The molecule has 12 heteroatoms. The molecule has 0 spiro atoms. The number of anilines is 1. The van der Waals surface area contributed by atoms with E-state index in [1.165, 1.54) is 7.11 Å². The van der Waals surface area contributed by atoms with Gasteiger partial charge in [-0.3, -0.25) is 4.72 Å². The van der Waals surface area contributed by atoms with Gasteiger partial charge in [-0.05, 0) is 18.6 Å². The van der Waals surface area contributed by atoms with Crippen molar-refractivity contribution in [1.82, 2.24) is 19.9 Å². The molecule has 0 fully saturated rings. The van der Waals surface area contributed by atoms with Crippen LogP contribution in [0.25, 0.3) is 11.0 Å². The maximum atomic E-state index is 12.8. The molecule has 2 N–H and O–H groups in total. The lowest BCUT2D eigenvalue weighted by Crippen LogP contribution is -2.14. The summed E-state index contributed by atoms with van der Waals surface area (Å²) in [5.74, 6) is 0.0530. The Morgan fingerprint density at radius 1 is 1.31 bits per heavy atom. The van der Waals surface area contributed by atoms with Crippen LogP contribution < -0.4 is 14.2 Å². The van der Waals surface area contributed by atoms with Gasteiger partial charge in [0.05, 0.1) is 17.7 Å². The van der Waals surface area contributed by atoms with Gasteiger partial charge in [-0.25, -0.2) is 23.0 Å². The summed E-state index contributed by atoms with van der Waals surface area (Å²) < 4.78 is 50.9. The van der Waals surface area contributed by atoms with E-state index in [-0.39, 0.29) is 17.6 Å². The van der Waals surface area contributed by atoms with E-state index in [4.69, 9.17) is 21.1 Å². The molecule has 0 amide bonds. The van der Waals surface area contributed by atoms with Crippen LogP contribution in [0.2, 0.25) is 5.15 Å². The Bertz CT molecular complexity index is 1030. The largest absolute Gasteiger partial charge is 0.480 e. The van der Waals surface area contributed by atoms with Gasteiger partial charge in [0, 0.05) is 11.6 Å². The van der Waals surface area contributed by atoms with E-state index in [1.54, 1.807) is 18.3 Å². The lowest BCUT2D eigenvalue weighted by atomic mass is 10.2. The number of hydrogen-bond acceptors (Lipinski definition) is 6. The normalized spacial score (nSPS) is 12.3. The minimum Gasteiger partial charge on any atom is -0.480 e. The quantitative estimate of drug-likeness (QED) is 0.486. The summed E-state index contributed by atoms with van der Waals surface area (Å²) >= 11 is 5.86. The molecule has 1 unspecified atom stereocenters. The lowest BCUT2D eigenvalue weighted by molar-refractivity contribution is 0.0793. The second kappa shape index (κ2) is 9.31.